The second-order valence-corrected chi connectivity index (χ2v) is 7.22. The maximum absolute atomic E-state index is 13.0. The van der Waals surface area contributed by atoms with Crippen LogP contribution in [0.1, 0.15) is 23.5 Å². The summed E-state index contributed by atoms with van der Waals surface area (Å²) >= 11 is 5.34. The fourth-order valence-electron chi connectivity index (χ4n) is 3.34. The minimum Gasteiger partial charge on any atom is -0.379 e. The molecule has 28 heavy (non-hydrogen) atoms. The van der Waals surface area contributed by atoms with Gasteiger partial charge in [-0.2, -0.15) is 0 Å². The molecule has 0 aromatic heterocycles. The molecule has 0 spiro atoms. The Morgan fingerprint density at radius 3 is 2.14 bits per heavy atom. The Labute approximate surface area is 172 Å². The fourth-order valence-corrected chi connectivity index (χ4v) is 3.55. The summed E-state index contributed by atoms with van der Waals surface area (Å²) < 4.78 is 5.36. The Morgan fingerprint density at radius 2 is 1.57 bits per heavy atom. The van der Waals surface area contributed by atoms with E-state index in [9.17, 15) is 4.79 Å². The average molecular weight is 398 g/mol. The number of nitrogens with one attached hydrogen (secondary N) is 2. The van der Waals surface area contributed by atoms with Gasteiger partial charge in [-0.15, -0.1) is 0 Å². The van der Waals surface area contributed by atoms with Crippen molar-refractivity contribution in [2.45, 2.75) is 12.3 Å². The molecule has 2 N–H and O–H groups in total. The largest absolute Gasteiger partial charge is 0.379 e. The molecule has 5 nitrogen and oxygen atoms in total. The lowest BCUT2D eigenvalue weighted by Crippen LogP contribution is -2.43. The Kier molecular flexibility index (Phi) is 7.96. The normalized spacial score (nSPS) is 14.6. The number of morpholine rings is 1. The van der Waals surface area contributed by atoms with E-state index in [-0.39, 0.29) is 5.91 Å². The summed E-state index contributed by atoms with van der Waals surface area (Å²) in [6, 6.07) is 19.6. The molecule has 2 aromatic rings. The molecular weight excluding hydrogens is 370 g/mol. The number of nitrogens with zero attached hydrogens (tertiary/aromatic N) is 1. The first-order valence-corrected chi connectivity index (χ1v) is 10.1. The molecule has 2 aromatic carbocycles. The molecule has 0 saturated carbocycles. The first-order valence-electron chi connectivity index (χ1n) is 9.73. The zero-order valence-corrected chi connectivity index (χ0v) is 16.8. The smallest absolute Gasteiger partial charge is 0.238 e. The van der Waals surface area contributed by atoms with Gasteiger partial charge in [-0.3, -0.25) is 9.69 Å². The fraction of sp³-hybridized carbons (Fsp3) is 0.364. The van der Waals surface area contributed by atoms with Crippen molar-refractivity contribution >= 4 is 23.2 Å². The van der Waals surface area contributed by atoms with E-state index in [0.717, 1.165) is 56.9 Å². The first-order chi connectivity index (χ1) is 13.7. The minimum absolute atomic E-state index is 0.122. The highest BCUT2D eigenvalue weighted by molar-refractivity contribution is 7.80. The number of benzene rings is 2. The molecule has 1 fully saturated rings. The second-order valence-electron chi connectivity index (χ2n) is 6.81. The molecule has 0 atom stereocenters. The van der Waals surface area contributed by atoms with Gasteiger partial charge in [-0.05, 0) is 36.3 Å². The van der Waals surface area contributed by atoms with Crippen molar-refractivity contribution in [3.05, 3.63) is 71.8 Å². The van der Waals surface area contributed by atoms with E-state index in [4.69, 9.17) is 17.0 Å². The number of hydrogen-bond acceptors (Lipinski definition) is 4. The second kappa shape index (κ2) is 10.9. The van der Waals surface area contributed by atoms with Crippen LogP contribution in [0, 0.1) is 0 Å². The van der Waals surface area contributed by atoms with Gasteiger partial charge in [0.05, 0.1) is 19.1 Å². The molecule has 6 heteroatoms. The molecule has 0 radical (unpaired) electrons. The molecule has 1 aliphatic rings. The van der Waals surface area contributed by atoms with Crippen molar-refractivity contribution in [1.82, 2.24) is 15.5 Å². The first kappa shape index (κ1) is 20.5. The Hall–Kier alpha value is -2.28. The van der Waals surface area contributed by atoms with E-state index < -0.39 is 5.92 Å². The van der Waals surface area contributed by atoms with Gasteiger partial charge in [-0.25, -0.2) is 0 Å². The summed E-state index contributed by atoms with van der Waals surface area (Å²) in [6.45, 7) is 5.32. The SMILES string of the molecule is O=C(NC(=S)NCCCN1CCOCC1)C(c1ccccc1)c1ccccc1. The third-order valence-electron chi connectivity index (χ3n) is 4.81. The van der Waals surface area contributed by atoms with Crippen molar-refractivity contribution in [2.75, 3.05) is 39.4 Å². The molecule has 1 saturated heterocycles. The maximum atomic E-state index is 13.0. The number of carbonyl (C=O) groups excluding carboxylic acids is 1. The van der Waals surface area contributed by atoms with Crippen LogP contribution in [0.2, 0.25) is 0 Å². The van der Waals surface area contributed by atoms with Crippen LogP contribution < -0.4 is 10.6 Å². The summed E-state index contributed by atoms with van der Waals surface area (Å²) in [6.07, 6.45) is 0.969. The van der Waals surface area contributed by atoms with Gasteiger partial charge in [0.25, 0.3) is 0 Å². The van der Waals surface area contributed by atoms with E-state index >= 15 is 0 Å². The van der Waals surface area contributed by atoms with Crippen LogP contribution in [-0.4, -0.2) is 55.3 Å². The van der Waals surface area contributed by atoms with Gasteiger partial charge < -0.3 is 15.4 Å². The molecule has 148 valence electrons. The van der Waals surface area contributed by atoms with Gasteiger partial charge in [-0.1, -0.05) is 60.7 Å². The van der Waals surface area contributed by atoms with E-state index in [1.807, 2.05) is 60.7 Å². The summed E-state index contributed by atoms with van der Waals surface area (Å²) in [5, 5.41) is 6.39. The summed E-state index contributed by atoms with van der Waals surface area (Å²) in [4.78, 5) is 15.4. The third kappa shape index (κ3) is 6.12. The van der Waals surface area contributed by atoms with E-state index in [0.29, 0.717) is 5.11 Å². The average Bonchev–Trinajstić information content (AvgIpc) is 2.74. The lowest BCUT2D eigenvalue weighted by atomic mass is 9.90. The number of carbonyl (C=O) groups is 1. The van der Waals surface area contributed by atoms with Crippen LogP contribution in [0.25, 0.3) is 0 Å². The summed E-state index contributed by atoms with van der Waals surface area (Å²) in [7, 11) is 0. The maximum Gasteiger partial charge on any atom is 0.238 e. The van der Waals surface area contributed by atoms with Crippen LogP contribution in [0.4, 0.5) is 0 Å². The highest BCUT2D eigenvalue weighted by atomic mass is 32.1. The van der Waals surface area contributed by atoms with Gasteiger partial charge in [0, 0.05) is 19.6 Å². The van der Waals surface area contributed by atoms with Gasteiger partial charge in [0.2, 0.25) is 5.91 Å². The van der Waals surface area contributed by atoms with Crippen molar-refractivity contribution in [3.8, 4) is 0 Å². The topological polar surface area (TPSA) is 53.6 Å². The predicted octanol–water partition coefficient (Wildman–Crippen LogP) is 2.53. The lowest BCUT2D eigenvalue weighted by Gasteiger charge is -2.26. The van der Waals surface area contributed by atoms with E-state index in [2.05, 4.69) is 15.5 Å². The zero-order valence-electron chi connectivity index (χ0n) is 16.0. The molecular formula is C22H27N3O2S. The molecule has 3 rings (SSSR count). The lowest BCUT2D eigenvalue weighted by molar-refractivity contribution is -0.120. The zero-order chi connectivity index (χ0) is 19.6. The number of hydrogen-bond donors (Lipinski definition) is 2. The van der Waals surface area contributed by atoms with Crippen molar-refractivity contribution in [1.29, 1.82) is 0 Å². The van der Waals surface area contributed by atoms with Crippen LogP contribution >= 0.6 is 12.2 Å². The number of ether oxygens (including phenoxy) is 1. The quantitative estimate of drug-likeness (QED) is 0.556. The molecule has 1 heterocycles. The van der Waals surface area contributed by atoms with Gasteiger partial charge in [0.1, 0.15) is 0 Å². The third-order valence-corrected chi connectivity index (χ3v) is 5.05. The predicted molar refractivity (Wildman–Crippen MR) is 115 cm³/mol. The van der Waals surface area contributed by atoms with E-state index in [1.165, 1.54) is 0 Å². The van der Waals surface area contributed by atoms with Crippen LogP contribution in [-0.2, 0) is 9.53 Å². The highest BCUT2D eigenvalue weighted by Crippen LogP contribution is 2.24. The number of thiocarbonyl (C=S) groups is 1. The Morgan fingerprint density at radius 1 is 1.00 bits per heavy atom. The molecule has 1 amide bonds. The molecule has 0 bridgehead atoms. The Balaban J connectivity index is 1.52. The van der Waals surface area contributed by atoms with Crippen LogP contribution in [0.3, 0.4) is 0 Å². The monoisotopic (exact) mass is 397 g/mol. The highest BCUT2D eigenvalue weighted by Gasteiger charge is 2.23. The number of rotatable bonds is 7. The van der Waals surface area contributed by atoms with Crippen molar-refractivity contribution in [2.24, 2.45) is 0 Å². The summed E-state index contributed by atoms with van der Waals surface area (Å²) in [5.41, 5.74) is 1.89. The Bertz CT molecular complexity index is 709. The molecule has 0 aliphatic carbocycles. The molecule has 1 aliphatic heterocycles. The van der Waals surface area contributed by atoms with Gasteiger partial charge >= 0.3 is 0 Å². The van der Waals surface area contributed by atoms with Crippen LogP contribution in [0.15, 0.2) is 60.7 Å². The van der Waals surface area contributed by atoms with Crippen LogP contribution in [0.5, 0.6) is 0 Å². The minimum atomic E-state index is -0.393. The van der Waals surface area contributed by atoms with E-state index in [1.54, 1.807) is 0 Å². The number of amides is 1. The van der Waals surface area contributed by atoms with Crippen molar-refractivity contribution in [3.63, 3.8) is 0 Å². The van der Waals surface area contributed by atoms with Gasteiger partial charge in [0.15, 0.2) is 5.11 Å². The standard InChI is InChI=1S/C22H27N3O2S/c26-21(24-22(28)23-12-7-13-25-14-16-27-17-15-25)20(18-8-3-1-4-9-18)19-10-5-2-6-11-19/h1-6,8-11,20H,7,12-17H2,(H2,23,24,26,28). The molecule has 0 unspecified atom stereocenters. The summed E-state index contributed by atoms with van der Waals surface area (Å²) in [5.74, 6) is -0.515. The van der Waals surface area contributed by atoms with Crippen molar-refractivity contribution < 1.29 is 9.53 Å².